The predicted octanol–water partition coefficient (Wildman–Crippen LogP) is 1.41. The smallest absolute Gasteiger partial charge is 0.177 e. The molecule has 0 fully saturated rings. The van der Waals surface area contributed by atoms with Gasteiger partial charge >= 0.3 is 0 Å². The molecule has 1 heterocycles. The summed E-state index contributed by atoms with van der Waals surface area (Å²) < 4.78 is 5.03. The molecule has 3 nitrogen and oxygen atoms in total. The Morgan fingerprint density at radius 2 is 2.60 bits per heavy atom. The molecule has 0 aliphatic carbocycles. The molecular formula is C7H8N2O. The molecule has 1 aromatic rings. The SMILES string of the molecule is CC(NC#N)c1ccco1. The second-order valence-corrected chi connectivity index (χ2v) is 1.99. The molecule has 0 radical (unpaired) electrons. The van der Waals surface area contributed by atoms with E-state index in [9.17, 15) is 0 Å². The van der Waals surface area contributed by atoms with Gasteiger partial charge in [-0.15, -0.1) is 0 Å². The van der Waals surface area contributed by atoms with Gasteiger partial charge < -0.3 is 9.73 Å². The molecule has 0 saturated carbocycles. The van der Waals surface area contributed by atoms with Crippen molar-refractivity contribution in [1.29, 1.82) is 5.26 Å². The van der Waals surface area contributed by atoms with Gasteiger partial charge in [-0.25, -0.2) is 0 Å². The maximum Gasteiger partial charge on any atom is 0.177 e. The minimum Gasteiger partial charge on any atom is -0.467 e. The summed E-state index contributed by atoms with van der Waals surface area (Å²) in [4.78, 5) is 0. The first-order valence-electron chi connectivity index (χ1n) is 3.02. The van der Waals surface area contributed by atoms with Crippen molar-refractivity contribution < 1.29 is 4.42 Å². The van der Waals surface area contributed by atoms with E-state index in [0.717, 1.165) is 5.76 Å². The summed E-state index contributed by atoms with van der Waals surface area (Å²) in [6, 6.07) is 3.60. The van der Waals surface area contributed by atoms with E-state index in [1.54, 1.807) is 12.3 Å². The number of rotatable bonds is 2. The van der Waals surface area contributed by atoms with Crippen molar-refractivity contribution in [2.24, 2.45) is 0 Å². The molecule has 0 aliphatic heterocycles. The molecule has 0 bridgehead atoms. The van der Waals surface area contributed by atoms with Crippen LogP contribution in [0.25, 0.3) is 0 Å². The number of nitrogens with one attached hydrogen (secondary N) is 1. The van der Waals surface area contributed by atoms with Crippen molar-refractivity contribution >= 4 is 0 Å². The third kappa shape index (κ3) is 1.29. The third-order valence-corrected chi connectivity index (χ3v) is 1.25. The van der Waals surface area contributed by atoms with Crippen LogP contribution in [0.2, 0.25) is 0 Å². The highest BCUT2D eigenvalue weighted by Crippen LogP contribution is 2.10. The predicted molar refractivity (Wildman–Crippen MR) is 35.9 cm³/mol. The van der Waals surface area contributed by atoms with Gasteiger partial charge in [0.05, 0.1) is 12.3 Å². The van der Waals surface area contributed by atoms with Gasteiger partial charge in [-0.2, -0.15) is 5.26 Å². The first-order valence-corrected chi connectivity index (χ1v) is 3.02. The second kappa shape index (κ2) is 2.92. The van der Waals surface area contributed by atoms with Crippen LogP contribution in [-0.4, -0.2) is 0 Å². The first kappa shape index (κ1) is 6.69. The lowest BCUT2D eigenvalue weighted by Gasteiger charge is -2.02. The second-order valence-electron chi connectivity index (χ2n) is 1.99. The van der Waals surface area contributed by atoms with Gasteiger partial charge in [0, 0.05) is 0 Å². The van der Waals surface area contributed by atoms with Crippen LogP contribution in [0.4, 0.5) is 0 Å². The molecule has 0 aromatic carbocycles. The molecule has 1 N–H and O–H groups in total. The number of furan rings is 1. The summed E-state index contributed by atoms with van der Waals surface area (Å²) in [5.74, 6) is 0.779. The minimum atomic E-state index is -0.0278. The fraction of sp³-hybridized carbons (Fsp3) is 0.286. The Bertz CT molecular complexity index is 222. The Morgan fingerprint density at radius 1 is 1.80 bits per heavy atom. The molecule has 0 aliphatic rings. The molecule has 1 unspecified atom stereocenters. The van der Waals surface area contributed by atoms with Crippen molar-refractivity contribution in [2.45, 2.75) is 13.0 Å². The Balaban J connectivity index is 2.61. The largest absolute Gasteiger partial charge is 0.467 e. The van der Waals surface area contributed by atoms with Crippen LogP contribution in [0.5, 0.6) is 0 Å². The zero-order valence-corrected chi connectivity index (χ0v) is 5.66. The summed E-state index contributed by atoms with van der Waals surface area (Å²) in [6.45, 7) is 1.86. The highest BCUT2D eigenvalue weighted by Gasteiger charge is 2.04. The van der Waals surface area contributed by atoms with E-state index in [1.807, 2.05) is 19.2 Å². The molecule has 0 amide bonds. The molecule has 1 atom stereocenters. The molecule has 0 spiro atoms. The maximum atomic E-state index is 8.23. The number of hydrogen-bond acceptors (Lipinski definition) is 3. The van der Waals surface area contributed by atoms with Crippen LogP contribution in [0.3, 0.4) is 0 Å². The van der Waals surface area contributed by atoms with Gasteiger partial charge in [0.1, 0.15) is 5.76 Å². The molecule has 1 aromatic heterocycles. The summed E-state index contributed by atoms with van der Waals surface area (Å²) in [6.07, 6.45) is 3.43. The Labute approximate surface area is 59.3 Å². The molecule has 10 heavy (non-hydrogen) atoms. The van der Waals surface area contributed by atoms with E-state index >= 15 is 0 Å². The number of hydrogen-bond donors (Lipinski definition) is 1. The Kier molecular flexibility index (Phi) is 1.96. The van der Waals surface area contributed by atoms with Crippen molar-refractivity contribution in [3.05, 3.63) is 24.2 Å². The first-order chi connectivity index (χ1) is 4.84. The van der Waals surface area contributed by atoms with E-state index in [0.29, 0.717) is 0 Å². The summed E-state index contributed by atoms with van der Waals surface area (Å²) in [5.41, 5.74) is 0. The molecule has 3 heteroatoms. The summed E-state index contributed by atoms with van der Waals surface area (Å²) >= 11 is 0. The van der Waals surface area contributed by atoms with Crippen LogP contribution >= 0.6 is 0 Å². The van der Waals surface area contributed by atoms with Gasteiger partial charge in [-0.3, -0.25) is 0 Å². The molecule has 0 saturated heterocycles. The maximum absolute atomic E-state index is 8.23. The van der Waals surface area contributed by atoms with Crippen molar-refractivity contribution in [1.82, 2.24) is 5.32 Å². The lowest BCUT2D eigenvalue weighted by Crippen LogP contribution is -2.10. The van der Waals surface area contributed by atoms with Crippen LogP contribution in [0.15, 0.2) is 22.8 Å². The average Bonchev–Trinajstić information content (AvgIpc) is 2.38. The van der Waals surface area contributed by atoms with Gasteiger partial charge in [-0.05, 0) is 19.1 Å². The zero-order chi connectivity index (χ0) is 7.40. The Hall–Kier alpha value is -1.43. The highest BCUT2D eigenvalue weighted by atomic mass is 16.3. The third-order valence-electron chi connectivity index (χ3n) is 1.25. The fourth-order valence-electron chi connectivity index (χ4n) is 0.706. The van der Waals surface area contributed by atoms with Crippen LogP contribution in [0.1, 0.15) is 18.7 Å². The van der Waals surface area contributed by atoms with E-state index < -0.39 is 0 Å². The average molecular weight is 136 g/mol. The quantitative estimate of drug-likeness (QED) is 0.494. The number of nitriles is 1. The van der Waals surface area contributed by atoms with E-state index in [4.69, 9.17) is 9.68 Å². The van der Waals surface area contributed by atoms with Crippen molar-refractivity contribution in [2.75, 3.05) is 0 Å². The monoisotopic (exact) mass is 136 g/mol. The normalized spacial score (nSPS) is 12.0. The summed E-state index contributed by atoms with van der Waals surface area (Å²) in [5, 5.41) is 10.8. The van der Waals surface area contributed by atoms with Crippen LogP contribution in [-0.2, 0) is 0 Å². The number of nitrogens with zero attached hydrogens (tertiary/aromatic N) is 1. The summed E-state index contributed by atoms with van der Waals surface area (Å²) in [7, 11) is 0. The lowest BCUT2D eigenvalue weighted by molar-refractivity contribution is 0.459. The minimum absolute atomic E-state index is 0.0278. The zero-order valence-electron chi connectivity index (χ0n) is 5.66. The van der Waals surface area contributed by atoms with E-state index in [2.05, 4.69) is 5.32 Å². The van der Waals surface area contributed by atoms with Crippen LogP contribution < -0.4 is 5.32 Å². The van der Waals surface area contributed by atoms with Gasteiger partial charge in [0.2, 0.25) is 0 Å². The van der Waals surface area contributed by atoms with E-state index in [-0.39, 0.29) is 6.04 Å². The van der Waals surface area contributed by atoms with Gasteiger partial charge in [0.15, 0.2) is 6.19 Å². The molecule has 1 rings (SSSR count). The highest BCUT2D eigenvalue weighted by molar-refractivity contribution is 5.04. The molecular weight excluding hydrogens is 128 g/mol. The van der Waals surface area contributed by atoms with Gasteiger partial charge in [-0.1, -0.05) is 0 Å². The van der Waals surface area contributed by atoms with Gasteiger partial charge in [0.25, 0.3) is 0 Å². The lowest BCUT2D eigenvalue weighted by atomic mass is 10.3. The van der Waals surface area contributed by atoms with E-state index in [1.165, 1.54) is 0 Å². The fourth-order valence-corrected chi connectivity index (χ4v) is 0.706. The standard InChI is InChI=1S/C7H8N2O/c1-6(9-5-8)7-3-2-4-10-7/h2-4,6,9H,1H3. The Morgan fingerprint density at radius 3 is 3.10 bits per heavy atom. The van der Waals surface area contributed by atoms with Crippen molar-refractivity contribution in [3.8, 4) is 6.19 Å². The van der Waals surface area contributed by atoms with Crippen molar-refractivity contribution in [3.63, 3.8) is 0 Å². The topological polar surface area (TPSA) is 49.0 Å². The molecule has 52 valence electrons. The van der Waals surface area contributed by atoms with Crippen LogP contribution in [0, 0.1) is 11.5 Å².